The molecule has 0 fully saturated rings. The van der Waals surface area contributed by atoms with Crippen LogP contribution >= 0.6 is 0 Å². The molecule has 2 N–H and O–H groups in total. The zero-order chi connectivity index (χ0) is 14.3. The average Bonchev–Trinajstić information content (AvgIpc) is 2.36. The molecule has 0 bridgehead atoms. The largest absolute Gasteiger partial charge is 0.493 e. The van der Waals surface area contributed by atoms with Crippen LogP contribution in [0.15, 0.2) is 12.1 Å². The molecule has 0 radical (unpaired) electrons. The second-order valence-corrected chi connectivity index (χ2v) is 4.66. The predicted molar refractivity (Wildman–Crippen MR) is 68.9 cm³/mol. The third-order valence-corrected chi connectivity index (χ3v) is 3.07. The Kier molecular flexibility index (Phi) is 3.30. The van der Waals surface area contributed by atoms with E-state index in [0.717, 1.165) is 0 Å². The first-order valence-corrected chi connectivity index (χ1v) is 5.82. The number of rotatable bonds is 2. The van der Waals surface area contributed by atoms with E-state index in [4.69, 9.17) is 10.5 Å². The van der Waals surface area contributed by atoms with Gasteiger partial charge in [0.15, 0.2) is 17.4 Å². The van der Waals surface area contributed by atoms with Crippen LogP contribution < -0.4 is 10.5 Å². The second-order valence-electron chi connectivity index (χ2n) is 4.66. The van der Waals surface area contributed by atoms with Crippen LogP contribution in [0.1, 0.15) is 25.3 Å². The number of benzene rings is 2. The van der Waals surface area contributed by atoms with Crippen molar-refractivity contribution in [1.82, 2.24) is 0 Å². The van der Waals surface area contributed by atoms with Crippen LogP contribution in [0, 0.1) is 17.5 Å². The van der Waals surface area contributed by atoms with Gasteiger partial charge in [0, 0.05) is 16.5 Å². The van der Waals surface area contributed by atoms with E-state index < -0.39 is 17.5 Å². The number of anilines is 1. The number of hydrogen-bond donors (Lipinski definition) is 1. The molecule has 2 nitrogen and oxygen atoms in total. The highest BCUT2D eigenvalue weighted by Crippen LogP contribution is 2.39. The Morgan fingerprint density at radius 1 is 1.05 bits per heavy atom. The lowest BCUT2D eigenvalue weighted by Crippen LogP contribution is -2.03. The molecule has 0 saturated carbocycles. The zero-order valence-electron chi connectivity index (χ0n) is 10.9. The van der Waals surface area contributed by atoms with Gasteiger partial charge < -0.3 is 10.5 Å². The van der Waals surface area contributed by atoms with Crippen LogP contribution in [-0.2, 0) is 0 Å². The number of methoxy groups -OCH3 is 1. The number of hydrogen-bond acceptors (Lipinski definition) is 2. The van der Waals surface area contributed by atoms with Gasteiger partial charge in [0.05, 0.1) is 7.11 Å². The number of nitrogen functional groups attached to an aromatic ring is 1. The highest BCUT2D eigenvalue weighted by atomic mass is 19.2. The van der Waals surface area contributed by atoms with E-state index in [1.807, 2.05) is 13.8 Å². The minimum Gasteiger partial charge on any atom is -0.493 e. The van der Waals surface area contributed by atoms with Crippen LogP contribution in [0.5, 0.6) is 5.75 Å². The van der Waals surface area contributed by atoms with Crippen molar-refractivity contribution in [2.45, 2.75) is 19.8 Å². The highest BCUT2D eigenvalue weighted by Gasteiger charge is 2.24. The maximum absolute atomic E-state index is 13.9. The predicted octanol–water partition coefficient (Wildman–Crippen LogP) is 3.97. The molecule has 0 aliphatic rings. The van der Waals surface area contributed by atoms with Crippen LogP contribution in [0.25, 0.3) is 10.8 Å². The van der Waals surface area contributed by atoms with Gasteiger partial charge in [-0.2, -0.15) is 4.39 Å². The number of nitrogens with two attached hydrogens (primary N) is 1. The summed E-state index contributed by atoms with van der Waals surface area (Å²) in [7, 11) is 1.22. The molecule has 0 saturated heterocycles. The molecule has 0 aromatic heterocycles. The number of fused-ring (bicyclic) bond motifs is 1. The molecule has 0 aliphatic carbocycles. The van der Waals surface area contributed by atoms with Crippen molar-refractivity contribution in [3.8, 4) is 5.75 Å². The van der Waals surface area contributed by atoms with Gasteiger partial charge in [-0.1, -0.05) is 13.8 Å². The van der Waals surface area contributed by atoms with E-state index in [1.165, 1.54) is 13.2 Å². The zero-order valence-corrected chi connectivity index (χ0v) is 10.9. The molecule has 2 aromatic carbocycles. The van der Waals surface area contributed by atoms with E-state index in [1.54, 1.807) is 6.07 Å². The molecule has 19 heavy (non-hydrogen) atoms. The lowest BCUT2D eigenvalue weighted by Gasteiger charge is -2.16. The summed E-state index contributed by atoms with van der Waals surface area (Å²) in [6, 6.07) is 2.90. The van der Waals surface area contributed by atoms with E-state index in [2.05, 4.69) is 0 Å². The molecule has 2 rings (SSSR count). The van der Waals surface area contributed by atoms with Gasteiger partial charge in [-0.3, -0.25) is 0 Å². The summed E-state index contributed by atoms with van der Waals surface area (Å²) in [5.41, 5.74) is 6.60. The standard InChI is InChI=1S/C14H14F3NO/c1-6(2)8-4-7(18)5-9-10(8)14(19-3)13(17)12(16)11(9)15/h4-6H,18H2,1-3H3. The van der Waals surface area contributed by atoms with Gasteiger partial charge in [-0.05, 0) is 23.6 Å². The topological polar surface area (TPSA) is 35.2 Å². The Labute approximate surface area is 109 Å². The van der Waals surface area contributed by atoms with E-state index >= 15 is 0 Å². The first-order valence-electron chi connectivity index (χ1n) is 5.82. The van der Waals surface area contributed by atoms with E-state index in [0.29, 0.717) is 11.3 Å². The van der Waals surface area contributed by atoms with Gasteiger partial charge in [-0.15, -0.1) is 0 Å². The summed E-state index contributed by atoms with van der Waals surface area (Å²) < 4.78 is 46.0. The van der Waals surface area contributed by atoms with Crippen molar-refractivity contribution in [2.24, 2.45) is 0 Å². The monoisotopic (exact) mass is 269 g/mol. The van der Waals surface area contributed by atoms with Crippen molar-refractivity contribution in [3.05, 3.63) is 35.1 Å². The molecule has 0 amide bonds. The summed E-state index contributed by atoms with van der Waals surface area (Å²) in [4.78, 5) is 0. The summed E-state index contributed by atoms with van der Waals surface area (Å²) in [5.74, 6) is -4.45. The van der Waals surface area contributed by atoms with Crippen molar-refractivity contribution in [1.29, 1.82) is 0 Å². The second kappa shape index (κ2) is 4.64. The fourth-order valence-corrected chi connectivity index (χ4v) is 2.19. The maximum atomic E-state index is 13.9. The molecule has 0 spiro atoms. The molecule has 2 aromatic rings. The van der Waals surface area contributed by atoms with Crippen molar-refractivity contribution >= 4 is 16.5 Å². The minimum atomic E-state index is -1.55. The van der Waals surface area contributed by atoms with E-state index in [-0.39, 0.29) is 22.4 Å². The summed E-state index contributed by atoms with van der Waals surface area (Å²) in [6.45, 7) is 3.71. The lowest BCUT2D eigenvalue weighted by molar-refractivity contribution is 0.367. The third-order valence-electron chi connectivity index (χ3n) is 3.07. The Morgan fingerprint density at radius 2 is 1.68 bits per heavy atom. The molecule has 0 aliphatic heterocycles. The van der Waals surface area contributed by atoms with Crippen LogP contribution in [0.2, 0.25) is 0 Å². The molecule has 0 atom stereocenters. The molecule has 0 unspecified atom stereocenters. The maximum Gasteiger partial charge on any atom is 0.204 e. The van der Waals surface area contributed by atoms with Crippen LogP contribution in [-0.4, -0.2) is 7.11 Å². The van der Waals surface area contributed by atoms with Crippen molar-refractivity contribution in [2.75, 3.05) is 12.8 Å². The Morgan fingerprint density at radius 3 is 2.21 bits per heavy atom. The molecular formula is C14H14F3NO. The SMILES string of the molecule is COc1c(F)c(F)c(F)c2cc(N)cc(C(C)C)c12. The quantitative estimate of drug-likeness (QED) is 0.661. The molecule has 5 heteroatoms. The number of halogens is 3. The third kappa shape index (κ3) is 1.99. The van der Waals surface area contributed by atoms with Crippen molar-refractivity contribution in [3.63, 3.8) is 0 Å². The molecule has 0 heterocycles. The van der Waals surface area contributed by atoms with Crippen LogP contribution in [0.3, 0.4) is 0 Å². The Bertz CT molecular complexity index is 653. The number of ether oxygens (including phenoxy) is 1. The summed E-state index contributed by atoms with van der Waals surface area (Å²) >= 11 is 0. The smallest absolute Gasteiger partial charge is 0.204 e. The summed E-state index contributed by atoms with van der Waals surface area (Å²) in [6.07, 6.45) is 0. The molecule has 102 valence electrons. The minimum absolute atomic E-state index is 0.0378. The first-order chi connectivity index (χ1) is 8.88. The fraction of sp³-hybridized carbons (Fsp3) is 0.286. The van der Waals surface area contributed by atoms with Gasteiger partial charge in [0.25, 0.3) is 0 Å². The Balaban J connectivity index is 3.06. The van der Waals surface area contributed by atoms with Gasteiger partial charge in [-0.25, -0.2) is 8.78 Å². The van der Waals surface area contributed by atoms with E-state index in [9.17, 15) is 13.2 Å². The highest BCUT2D eigenvalue weighted by molar-refractivity contribution is 5.94. The first kappa shape index (κ1) is 13.5. The average molecular weight is 269 g/mol. The lowest BCUT2D eigenvalue weighted by atomic mass is 9.94. The normalized spacial score (nSPS) is 11.3. The Hall–Kier alpha value is -1.91. The van der Waals surface area contributed by atoms with Crippen LogP contribution in [0.4, 0.5) is 18.9 Å². The van der Waals surface area contributed by atoms with Crippen molar-refractivity contribution < 1.29 is 17.9 Å². The molecular weight excluding hydrogens is 255 g/mol. The van der Waals surface area contributed by atoms with Gasteiger partial charge in [0.1, 0.15) is 0 Å². The van der Waals surface area contributed by atoms with Gasteiger partial charge in [0.2, 0.25) is 5.82 Å². The fourth-order valence-electron chi connectivity index (χ4n) is 2.19. The van der Waals surface area contributed by atoms with Gasteiger partial charge >= 0.3 is 0 Å². The summed E-state index contributed by atoms with van der Waals surface area (Å²) in [5, 5.41) is 0.155.